The molecule has 11 heavy (non-hydrogen) atoms. The molecule has 0 fully saturated rings. The third-order valence-electron chi connectivity index (χ3n) is 1.00. The van der Waals surface area contributed by atoms with E-state index in [0.29, 0.717) is 12.4 Å². The van der Waals surface area contributed by atoms with E-state index in [1.807, 2.05) is 13.8 Å². The molecule has 0 atom stereocenters. The Balaban J connectivity index is 4.12. The molecule has 2 nitrogen and oxygen atoms in total. The SMILES string of the molecule is CC(C)C#CC(C)(C)OC=O. The van der Waals surface area contributed by atoms with Gasteiger partial charge < -0.3 is 4.74 Å². The Morgan fingerprint density at radius 3 is 2.36 bits per heavy atom. The molecule has 0 spiro atoms. The van der Waals surface area contributed by atoms with Crippen LogP contribution in [0.25, 0.3) is 0 Å². The summed E-state index contributed by atoms with van der Waals surface area (Å²) < 4.78 is 4.73. The molecule has 0 aromatic carbocycles. The molecule has 0 N–H and O–H groups in total. The summed E-state index contributed by atoms with van der Waals surface area (Å²) in [6.07, 6.45) is 0. The van der Waals surface area contributed by atoms with Crippen molar-refractivity contribution in [3.05, 3.63) is 0 Å². The first-order chi connectivity index (χ1) is 4.98. The minimum Gasteiger partial charge on any atom is -0.449 e. The van der Waals surface area contributed by atoms with Gasteiger partial charge in [-0.15, -0.1) is 0 Å². The molecule has 0 aliphatic heterocycles. The number of ether oxygens (including phenoxy) is 1. The van der Waals surface area contributed by atoms with E-state index in [1.54, 1.807) is 13.8 Å². The van der Waals surface area contributed by atoms with E-state index in [-0.39, 0.29) is 0 Å². The van der Waals surface area contributed by atoms with Crippen LogP contribution in [0, 0.1) is 17.8 Å². The summed E-state index contributed by atoms with van der Waals surface area (Å²) in [5, 5.41) is 0. The summed E-state index contributed by atoms with van der Waals surface area (Å²) in [6, 6.07) is 0. The minimum atomic E-state index is -0.647. The maximum atomic E-state index is 9.98. The second-order valence-electron chi connectivity index (χ2n) is 3.15. The van der Waals surface area contributed by atoms with E-state index in [2.05, 4.69) is 11.8 Å². The van der Waals surface area contributed by atoms with E-state index < -0.39 is 5.60 Å². The topological polar surface area (TPSA) is 26.3 Å². The number of rotatable bonds is 2. The normalized spacial score (nSPS) is 10.3. The standard InChI is InChI=1S/C9H14O2/c1-8(2)5-6-9(3,4)11-7-10/h7-8H,1-4H3. The Labute approximate surface area is 67.9 Å². The molecule has 0 rings (SSSR count). The van der Waals surface area contributed by atoms with E-state index >= 15 is 0 Å². The molecule has 0 heterocycles. The fourth-order valence-electron chi connectivity index (χ4n) is 0.468. The zero-order chi connectivity index (χ0) is 8.91. The quantitative estimate of drug-likeness (QED) is 0.446. The van der Waals surface area contributed by atoms with Crippen LogP contribution in [-0.2, 0) is 9.53 Å². The third-order valence-corrected chi connectivity index (χ3v) is 1.00. The molecule has 0 saturated heterocycles. The van der Waals surface area contributed by atoms with Crippen LogP contribution in [0.4, 0.5) is 0 Å². The summed E-state index contributed by atoms with van der Waals surface area (Å²) in [5.74, 6) is 6.10. The second-order valence-corrected chi connectivity index (χ2v) is 3.15. The number of carbonyl (C=O) groups excluding carboxylic acids is 1. The predicted octanol–water partition coefficient (Wildman–Crippen LogP) is 1.60. The van der Waals surface area contributed by atoms with Gasteiger partial charge in [0.1, 0.15) is 0 Å². The van der Waals surface area contributed by atoms with Crippen LogP contribution in [-0.4, -0.2) is 12.1 Å². The molecule has 2 heteroatoms. The second kappa shape index (κ2) is 4.02. The molecular weight excluding hydrogens is 140 g/mol. The Hall–Kier alpha value is -0.970. The zero-order valence-electron chi connectivity index (χ0n) is 7.47. The van der Waals surface area contributed by atoms with Crippen LogP contribution in [0.3, 0.4) is 0 Å². The van der Waals surface area contributed by atoms with Crippen molar-refractivity contribution in [3.63, 3.8) is 0 Å². The van der Waals surface area contributed by atoms with Gasteiger partial charge in [-0.05, 0) is 13.8 Å². The summed E-state index contributed by atoms with van der Waals surface area (Å²) >= 11 is 0. The van der Waals surface area contributed by atoms with Gasteiger partial charge >= 0.3 is 0 Å². The maximum Gasteiger partial charge on any atom is 0.294 e. The van der Waals surface area contributed by atoms with E-state index in [4.69, 9.17) is 4.74 Å². The average Bonchev–Trinajstić information content (AvgIpc) is 1.84. The van der Waals surface area contributed by atoms with Crippen molar-refractivity contribution in [2.75, 3.05) is 0 Å². The highest BCUT2D eigenvalue weighted by atomic mass is 16.5. The van der Waals surface area contributed by atoms with Gasteiger partial charge in [0.2, 0.25) is 0 Å². The van der Waals surface area contributed by atoms with Crippen molar-refractivity contribution in [2.24, 2.45) is 5.92 Å². The van der Waals surface area contributed by atoms with Gasteiger partial charge in [-0.1, -0.05) is 25.7 Å². The van der Waals surface area contributed by atoms with Crippen molar-refractivity contribution in [1.29, 1.82) is 0 Å². The fraction of sp³-hybridized carbons (Fsp3) is 0.667. The first kappa shape index (κ1) is 10.0. The Kier molecular flexibility index (Phi) is 3.67. The first-order valence-corrected chi connectivity index (χ1v) is 3.62. The van der Waals surface area contributed by atoms with Crippen molar-refractivity contribution >= 4 is 6.47 Å². The summed E-state index contributed by atoms with van der Waals surface area (Å²) in [4.78, 5) is 9.98. The highest BCUT2D eigenvalue weighted by Crippen LogP contribution is 2.05. The van der Waals surface area contributed by atoms with E-state index in [0.717, 1.165) is 0 Å². The Bertz CT molecular complexity index is 181. The lowest BCUT2D eigenvalue weighted by molar-refractivity contribution is -0.135. The van der Waals surface area contributed by atoms with Crippen LogP contribution in [0.15, 0.2) is 0 Å². The van der Waals surface area contributed by atoms with Crippen LogP contribution >= 0.6 is 0 Å². The average molecular weight is 154 g/mol. The number of carbonyl (C=O) groups is 1. The predicted molar refractivity (Wildman–Crippen MR) is 43.8 cm³/mol. The van der Waals surface area contributed by atoms with Crippen molar-refractivity contribution in [1.82, 2.24) is 0 Å². The van der Waals surface area contributed by atoms with Crippen molar-refractivity contribution in [3.8, 4) is 11.8 Å². The third kappa shape index (κ3) is 5.47. The highest BCUT2D eigenvalue weighted by Gasteiger charge is 2.13. The molecule has 0 unspecified atom stereocenters. The molecule has 0 aromatic heterocycles. The van der Waals surface area contributed by atoms with Gasteiger partial charge in [0.15, 0.2) is 5.60 Å². The Morgan fingerprint density at radius 1 is 1.45 bits per heavy atom. The highest BCUT2D eigenvalue weighted by molar-refractivity contribution is 5.39. The van der Waals surface area contributed by atoms with Gasteiger partial charge in [0, 0.05) is 5.92 Å². The molecular formula is C9H14O2. The molecule has 0 bridgehead atoms. The lowest BCUT2D eigenvalue weighted by Crippen LogP contribution is -2.21. The summed E-state index contributed by atoms with van der Waals surface area (Å²) in [5.41, 5.74) is -0.647. The van der Waals surface area contributed by atoms with Crippen LogP contribution in [0.1, 0.15) is 27.7 Å². The molecule has 0 radical (unpaired) electrons. The molecule has 0 amide bonds. The zero-order valence-corrected chi connectivity index (χ0v) is 7.47. The van der Waals surface area contributed by atoms with Gasteiger partial charge in [-0.3, -0.25) is 4.79 Å². The monoisotopic (exact) mass is 154 g/mol. The van der Waals surface area contributed by atoms with Crippen LogP contribution < -0.4 is 0 Å². The lowest BCUT2D eigenvalue weighted by Gasteiger charge is -2.14. The smallest absolute Gasteiger partial charge is 0.294 e. The maximum absolute atomic E-state index is 9.98. The first-order valence-electron chi connectivity index (χ1n) is 3.62. The van der Waals surface area contributed by atoms with Crippen LogP contribution in [0.5, 0.6) is 0 Å². The lowest BCUT2D eigenvalue weighted by atomic mass is 10.1. The summed E-state index contributed by atoms with van der Waals surface area (Å²) in [7, 11) is 0. The van der Waals surface area contributed by atoms with Gasteiger partial charge in [0.25, 0.3) is 6.47 Å². The van der Waals surface area contributed by atoms with Crippen LogP contribution in [0.2, 0.25) is 0 Å². The van der Waals surface area contributed by atoms with Gasteiger partial charge in [0.05, 0.1) is 0 Å². The van der Waals surface area contributed by atoms with Crippen molar-refractivity contribution in [2.45, 2.75) is 33.3 Å². The van der Waals surface area contributed by atoms with E-state index in [1.165, 1.54) is 0 Å². The van der Waals surface area contributed by atoms with Gasteiger partial charge in [-0.25, -0.2) is 0 Å². The van der Waals surface area contributed by atoms with Crippen molar-refractivity contribution < 1.29 is 9.53 Å². The van der Waals surface area contributed by atoms with Gasteiger partial charge in [-0.2, -0.15) is 0 Å². The number of hydrogen-bond acceptors (Lipinski definition) is 2. The molecule has 62 valence electrons. The van der Waals surface area contributed by atoms with E-state index in [9.17, 15) is 4.79 Å². The number of hydrogen-bond donors (Lipinski definition) is 0. The Morgan fingerprint density at radius 2 is 2.00 bits per heavy atom. The fourth-order valence-corrected chi connectivity index (χ4v) is 0.468. The molecule has 0 saturated carbocycles. The molecule has 0 aliphatic rings. The molecule has 0 aliphatic carbocycles. The summed E-state index contributed by atoms with van der Waals surface area (Å²) in [6.45, 7) is 7.93. The molecule has 0 aromatic rings. The largest absolute Gasteiger partial charge is 0.449 e. The minimum absolute atomic E-state index is 0.310.